The van der Waals surface area contributed by atoms with Crippen LogP contribution >= 0.6 is 0 Å². The van der Waals surface area contributed by atoms with E-state index >= 15 is 0 Å². The predicted molar refractivity (Wildman–Crippen MR) is 59.3 cm³/mol. The molecule has 0 saturated carbocycles. The van der Waals surface area contributed by atoms with Crippen molar-refractivity contribution in [3.8, 4) is 0 Å². The van der Waals surface area contributed by atoms with Crippen LogP contribution in [-0.4, -0.2) is 18.8 Å². The fourth-order valence-corrected chi connectivity index (χ4v) is 1.36. The second-order valence-electron chi connectivity index (χ2n) is 3.95. The zero-order chi connectivity index (χ0) is 15.6. The summed E-state index contributed by atoms with van der Waals surface area (Å²) >= 11 is 0. The van der Waals surface area contributed by atoms with Crippen LogP contribution in [0.1, 0.15) is 11.1 Å². The molecule has 2 N–H and O–H groups in total. The van der Waals surface area contributed by atoms with Gasteiger partial charge in [-0.25, -0.2) is 4.79 Å². The van der Waals surface area contributed by atoms with Crippen LogP contribution in [0.2, 0.25) is 0 Å². The maximum absolute atomic E-state index is 12.6. The van der Waals surface area contributed by atoms with Crippen LogP contribution in [0.3, 0.4) is 0 Å². The molecule has 0 aliphatic heterocycles. The maximum atomic E-state index is 12.6. The van der Waals surface area contributed by atoms with Crippen molar-refractivity contribution in [3.05, 3.63) is 29.3 Å². The molecule has 0 spiro atoms. The molecule has 9 heteroatoms. The van der Waals surface area contributed by atoms with E-state index < -0.39 is 30.5 Å². The highest BCUT2D eigenvalue weighted by atomic mass is 19.4. The third-order valence-electron chi connectivity index (χ3n) is 2.25. The summed E-state index contributed by atoms with van der Waals surface area (Å²) in [6.45, 7) is -0.340. The van der Waals surface area contributed by atoms with Gasteiger partial charge in [0, 0.05) is 5.69 Å². The lowest BCUT2D eigenvalue weighted by molar-refractivity contribution is -0.138. The Bertz CT molecular complexity index is 495. The number of nitrogens with one attached hydrogen (secondary N) is 2. The fraction of sp³-hybridized carbons (Fsp3) is 0.364. The molecule has 1 aromatic rings. The molecule has 3 nitrogen and oxygen atoms in total. The molecule has 0 bridgehead atoms. The Morgan fingerprint density at radius 2 is 1.75 bits per heavy atom. The normalized spacial score (nSPS) is 12.2. The van der Waals surface area contributed by atoms with Crippen molar-refractivity contribution >= 4 is 11.7 Å². The molecule has 0 aromatic heterocycles. The number of carbonyl (C=O) groups is 1. The molecule has 1 aromatic carbocycles. The first-order valence-corrected chi connectivity index (χ1v) is 5.28. The first-order chi connectivity index (χ1) is 8.99. The summed E-state index contributed by atoms with van der Waals surface area (Å²) in [5.74, 6) is 0. The number of anilines is 1. The minimum atomic E-state index is -4.61. The predicted octanol–water partition coefficient (Wildman–Crippen LogP) is 3.70. The lowest BCUT2D eigenvalue weighted by atomic mass is 10.1. The van der Waals surface area contributed by atoms with Crippen molar-refractivity contribution in [1.29, 1.82) is 0 Å². The Balaban J connectivity index is 2.77. The van der Waals surface area contributed by atoms with Gasteiger partial charge in [0.1, 0.15) is 6.54 Å². The third-order valence-corrected chi connectivity index (χ3v) is 2.25. The zero-order valence-corrected chi connectivity index (χ0v) is 10.1. The Hall–Kier alpha value is -1.93. The summed E-state index contributed by atoms with van der Waals surface area (Å²) in [7, 11) is 0. The van der Waals surface area contributed by atoms with E-state index in [0.29, 0.717) is 6.07 Å². The van der Waals surface area contributed by atoms with Crippen molar-refractivity contribution in [2.24, 2.45) is 0 Å². The van der Waals surface area contributed by atoms with Gasteiger partial charge in [-0.3, -0.25) is 0 Å². The van der Waals surface area contributed by atoms with Gasteiger partial charge in [0.2, 0.25) is 0 Å². The minimum absolute atomic E-state index is 0.0567. The number of alkyl halides is 6. The summed E-state index contributed by atoms with van der Waals surface area (Å²) in [4.78, 5) is 11.1. The van der Waals surface area contributed by atoms with Crippen molar-refractivity contribution in [2.75, 3.05) is 11.9 Å². The molecule has 112 valence electrons. The van der Waals surface area contributed by atoms with E-state index in [2.05, 4.69) is 0 Å². The number of hydrogen-bond acceptors (Lipinski definition) is 1. The van der Waals surface area contributed by atoms with Crippen LogP contribution in [0.5, 0.6) is 0 Å². The van der Waals surface area contributed by atoms with Crippen LogP contribution in [-0.2, 0) is 6.18 Å². The molecule has 0 heterocycles. The molecule has 0 radical (unpaired) electrons. The Morgan fingerprint density at radius 1 is 1.15 bits per heavy atom. The average molecular weight is 300 g/mol. The van der Waals surface area contributed by atoms with E-state index in [4.69, 9.17) is 0 Å². The van der Waals surface area contributed by atoms with Gasteiger partial charge in [-0.15, -0.1) is 0 Å². The van der Waals surface area contributed by atoms with Gasteiger partial charge in [-0.2, -0.15) is 26.3 Å². The number of urea groups is 1. The quantitative estimate of drug-likeness (QED) is 0.803. The first-order valence-electron chi connectivity index (χ1n) is 5.28. The van der Waals surface area contributed by atoms with Gasteiger partial charge in [-0.1, -0.05) is 6.07 Å². The topological polar surface area (TPSA) is 41.1 Å². The lowest BCUT2D eigenvalue weighted by Crippen LogP contribution is -2.36. The largest absolute Gasteiger partial charge is 0.416 e. The molecule has 20 heavy (non-hydrogen) atoms. The van der Waals surface area contributed by atoms with Gasteiger partial charge in [-0.05, 0) is 24.6 Å². The van der Waals surface area contributed by atoms with E-state index in [-0.39, 0.29) is 11.3 Å². The zero-order valence-electron chi connectivity index (χ0n) is 10.1. The fourth-order valence-electron chi connectivity index (χ4n) is 1.36. The molecule has 0 atom stereocenters. The van der Waals surface area contributed by atoms with Crippen LogP contribution in [0, 0.1) is 6.92 Å². The van der Waals surface area contributed by atoms with E-state index in [1.807, 2.05) is 5.32 Å². The van der Waals surface area contributed by atoms with Crippen LogP contribution < -0.4 is 10.6 Å². The van der Waals surface area contributed by atoms with Gasteiger partial charge in [0.05, 0.1) is 5.56 Å². The number of rotatable bonds is 2. The van der Waals surface area contributed by atoms with Crippen molar-refractivity contribution in [3.63, 3.8) is 0 Å². The number of aryl methyl sites for hydroxylation is 1. The molecule has 0 aliphatic carbocycles. The summed E-state index contributed by atoms with van der Waals surface area (Å²) in [6, 6.07) is 1.70. The summed E-state index contributed by atoms with van der Waals surface area (Å²) in [5.41, 5.74) is -1.27. The summed E-state index contributed by atoms with van der Waals surface area (Å²) < 4.78 is 73.3. The number of carbonyl (C=O) groups excluding carboxylic acids is 1. The highest BCUT2D eigenvalue weighted by Crippen LogP contribution is 2.33. The van der Waals surface area contributed by atoms with Crippen molar-refractivity contribution in [2.45, 2.75) is 19.3 Å². The Morgan fingerprint density at radius 3 is 2.25 bits per heavy atom. The van der Waals surface area contributed by atoms with E-state index in [1.54, 1.807) is 0 Å². The monoisotopic (exact) mass is 300 g/mol. The third kappa shape index (κ3) is 4.98. The van der Waals surface area contributed by atoms with Crippen molar-refractivity contribution in [1.82, 2.24) is 5.32 Å². The van der Waals surface area contributed by atoms with Crippen molar-refractivity contribution < 1.29 is 31.1 Å². The molecule has 0 fully saturated rings. The number of amides is 2. The van der Waals surface area contributed by atoms with E-state index in [0.717, 1.165) is 12.1 Å². The highest BCUT2D eigenvalue weighted by molar-refractivity contribution is 5.89. The molecule has 0 aliphatic rings. The van der Waals surface area contributed by atoms with Gasteiger partial charge in [0.15, 0.2) is 0 Å². The number of benzene rings is 1. The second kappa shape index (κ2) is 5.59. The maximum Gasteiger partial charge on any atom is 0.416 e. The van der Waals surface area contributed by atoms with Gasteiger partial charge >= 0.3 is 18.4 Å². The Labute approximate surface area is 110 Å². The number of halogens is 6. The standard InChI is InChI=1S/C11H10F6N2O/c1-6-2-3-7(4-8(6)11(15,16)17)19-9(20)18-5-10(12,13)14/h2-4H,5H2,1H3,(H2,18,19,20). The first kappa shape index (κ1) is 16.1. The molecule has 0 saturated heterocycles. The van der Waals surface area contributed by atoms with E-state index in [9.17, 15) is 31.1 Å². The average Bonchev–Trinajstić information content (AvgIpc) is 2.27. The van der Waals surface area contributed by atoms with Gasteiger partial charge < -0.3 is 10.6 Å². The molecular weight excluding hydrogens is 290 g/mol. The SMILES string of the molecule is Cc1ccc(NC(=O)NCC(F)(F)F)cc1C(F)(F)F. The summed E-state index contributed by atoms with van der Waals surface area (Å²) in [6.07, 6.45) is -9.20. The van der Waals surface area contributed by atoms with E-state index in [1.165, 1.54) is 12.2 Å². The Kier molecular flexibility index (Phi) is 4.51. The van der Waals surface area contributed by atoms with Crippen LogP contribution in [0.25, 0.3) is 0 Å². The molecule has 1 rings (SSSR count). The summed E-state index contributed by atoms with van der Waals surface area (Å²) in [5, 5.41) is 3.39. The van der Waals surface area contributed by atoms with Crippen LogP contribution in [0.4, 0.5) is 36.8 Å². The molecular formula is C11H10F6N2O. The number of hydrogen-bond donors (Lipinski definition) is 2. The van der Waals surface area contributed by atoms with Crippen LogP contribution in [0.15, 0.2) is 18.2 Å². The molecule has 2 amide bonds. The highest BCUT2D eigenvalue weighted by Gasteiger charge is 2.32. The smallest absolute Gasteiger partial charge is 0.329 e. The lowest BCUT2D eigenvalue weighted by Gasteiger charge is -2.13. The molecule has 0 unspecified atom stereocenters. The second-order valence-corrected chi connectivity index (χ2v) is 3.95. The van der Waals surface area contributed by atoms with Gasteiger partial charge in [0.25, 0.3) is 0 Å². The minimum Gasteiger partial charge on any atom is -0.329 e.